The number of halogens is 2. The molecule has 41 heavy (non-hydrogen) atoms. The molecule has 2 heterocycles. The summed E-state index contributed by atoms with van der Waals surface area (Å²) < 4.78 is 38.3. The van der Waals surface area contributed by atoms with Crippen molar-refractivity contribution in [2.45, 2.75) is 26.7 Å². The number of fused-ring (bicyclic) bond motifs is 1. The smallest absolute Gasteiger partial charge is 0.230 e. The molecule has 2 aromatic heterocycles. The maximum absolute atomic E-state index is 13.4. The standard InChI is InChI=1S/C28H33F2N7O4/c1-28(2,15-38)14-31-5-4-6-41-24-13-22-21(12-23(24)40-3)27(33-16-32-22)35-25-10-20(36-37-25)11-26(39)34-19-8-17(29)7-18(30)9-19/h7-10,12-13,16,31,38H,4-6,11,14-15H2,1-3H3,(H,34,39)(H2,32,33,35,36,37). The van der Waals surface area contributed by atoms with E-state index in [2.05, 4.69) is 36.1 Å². The lowest BCUT2D eigenvalue weighted by atomic mass is 9.95. The minimum Gasteiger partial charge on any atom is -0.493 e. The maximum Gasteiger partial charge on any atom is 0.230 e. The molecule has 1 amide bonds. The summed E-state index contributed by atoms with van der Waals surface area (Å²) in [6, 6.07) is 7.97. The van der Waals surface area contributed by atoms with Crippen LogP contribution in [-0.2, 0) is 11.2 Å². The SMILES string of the molecule is COc1cc2c(Nc3cc(CC(=O)Nc4cc(F)cc(F)c4)[nH]n3)ncnc2cc1OCCCNCC(C)(C)CO. The minimum absolute atomic E-state index is 0.0221. The highest BCUT2D eigenvalue weighted by molar-refractivity contribution is 5.93. The Morgan fingerprint density at radius 3 is 2.59 bits per heavy atom. The van der Waals surface area contributed by atoms with Gasteiger partial charge in [0.1, 0.15) is 23.8 Å². The van der Waals surface area contributed by atoms with E-state index in [0.717, 1.165) is 31.2 Å². The average molecular weight is 570 g/mol. The number of carbonyl (C=O) groups excluding carboxylic acids is 1. The molecule has 11 nitrogen and oxygen atoms in total. The van der Waals surface area contributed by atoms with Crippen LogP contribution in [0.25, 0.3) is 10.9 Å². The van der Waals surface area contributed by atoms with Crippen molar-refractivity contribution >= 4 is 34.1 Å². The van der Waals surface area contributed by atoms with E-state index in [4.69, 9.17) is 9.47 Å². The quantitative estimate of drug-likeness (QED) is 0.143. The topological polar surface area (TPSA) is 146 Å². The Balaban J connectivity index is 1.37. The lowest BCUT2D eigenvalue weighted by Crippen LogP contribution is -2.33. The van der Waals surface area contributed by atoms with Gasteiger partial charge in [0.05, 0.1) is 25.7 Å². The summed E-state index contributed by atoms with van der Waals surface area (Å²) >= 11 is 0. The highest BCUT2D eigenvalue weighted by atomic mass is 19.1. The zero-order valence-corrected chi connectivity index (χ0v) is 23.1. The fraction of sp³-hybridized carbons (Fsp3) is 0.357. The van der Waals surface area contributed by atoms with Gasteiger partial charge < -0.3 is 30.5 Å². The van der Waals surface area contributed by atoms with Crippen LogP contribution < -0.4 is 25.4 Å². The van der Waals surface area contributed by atoms with E-state index in [9.17, 15) is 18.7 Å². The molecule has 0 radical (unpaired) electrons. The van der Waals surface area contributed by atoms with Gasteiger partial charge >= 0.3 is 0 Å². The number of anilines is 3. The third kappa shape index (κ3) is 8.32. The van der Waals surface area contributed by atoms with Crippen molar-refractivity contribution in [3.63, 3.8) is 0 Å². The number of hydrogen-bond donors (Lipinski definition) is 5. The number of ether oxygens (including phenoxy) is 2. The third-order valence-electron chi connectivity index (χ3n) is 6.08. The number of H-pyrrole nitrogens is 1. The Morgan fingerprint density at radius 2 is 1.85 bits per heavy atom. The molecule has 0 aliphatic rings. The average Bonchev–Trinajstić information content (AvgIpc) is 3.36. The summed E-state index contributed by atoms with van der Waals surface area (Å²) in [7, 11) is 1.55. The number of aromatic nitrogens is 4. The van der Waals surface area contributed by atoms with Crippen LogP contribution in [0.2, 0.25) is 0 Å². The number of hydrogen-bond acceptors (Lipinski definition) is 9. The molecule has 0 aliphatic carbocycles. The van der Waals surface area contributed by atoms with Gasteiger partial charge in [0.15, 0.2) is 17.3 Å². The van der Waals surface area contributed by atoms with Gasteiger partial charge in [-0.1, -0.05) is 13.8 Å². The van der Waals surface area contributed by atoms with Crippen LogP contribution in [-0.4, -0.2) is 64.6 Å². The molecule has 0 spiro atoms. The molecule has 0 saturated carbocycles. The highest BCUT2D eigenvalue weighted by Gasteiger charge is 2.16. The van der Waals surface area contributed by atoms with Gasteiger partial charge in [-0.15, -0.1) is 0 Å². The third-order valence-corrected chi connectivity index (χ3v) is 6.08. The number of carbonyl (C=O) groups is 1. The van der Waals surface area contributed by atoms with Crippen molar-refractivity contribution in [1.29, 1.82) is 0 Å². The number of benzene rings is 2. The van der Waals surface area contributed by atoms with E-state index in [1.54, 1.807) is 25.3 Å². The van der Waals surface area contributed by atoms with Crippen LogP contribution in [0.3, 0.4) is 0 Å². The van der Waals surface area contributed by atoms with Gasteiger partial charge in [-0.25, -0.2) is 18.7 Å². The molecule has 0 unspecified atom stereocenters. The predicted molar refractivity (Wildman–Crippen MR) is 151 cm³/mol. The fourth-order valence-electron chi connectivity index (χ4n) is 3.94. The van der Waals surface area contributed by atoms with Crippen molar-refractivity contribution in [2.24, 2.45) is 5.41 Å². The number of nitrogens with one attached hydrogen (secondary N) is 4. The molecule has 218 valence electrons. The van der Waals surface area contributed by atoms with Crippen LogP contribution in [0.5, 0.6) is 11.5 Å². The van der Waals surface area contributed by atoms with E-state index < -0.39 is 17.5 Å². The Hall–Kier alpha value is -4.36. The lowest BCUT2D eigenvalue weighted by Gasteiger charge is -2.21. The Morgan fingerprint density at radius 1 is 1.07 bits per heavy atom. The monoisotopic (exact) mass is 569 g/mol. The van der Waals surface area contributed by atoms with Crippen LogP contribution >= 0.6 is 0 Å². The Bertz CT molecular complexity index is 1480. The Kier molecular flexibility index (Phi) is 9.63. The first kappa shape index (κ1) is 29.6. The van der Waals surface area contributed by atoms with Gasteiger partial charge in [-0.05, 0) is 31.2 Å². The highest BCUT2D eigenvalue weighted by Crippen LogP contribution is 2.34. The number of methoxy groups -OCH3 is 1. The summed E-state index contributed by atoms with van der Waals surface area (Å²) in [5.41, 5.74) is 0.946. The van der Waals surface area contributed by atoms with Gasteiger partial charge in [-0.2, -0.15) is 5.10 Å². The first-order valence-electron chi connectivity index (χ1n) is 13.0. The van der Waals surface area contributed by atoms with E-state index >= 15 is 0 Å². The summed E-state index contributed by atoms with van der Waals surface area (Å²) in [6.45, 7) is 6.01. The molecule has 0 atom stereocenters. The molecular weight excluding hydrogens is 536 g/mol. The first-order chi connectivity index (χ1) is 19.7. The summed E-state index contributed by atoms with van der Waals surface area (Å²) in [5, 5.41) is 25.9. The zero-order valence-electron chi connectivity index (χ0n) is 23.1. The second-order valence-corrected chi connectivity index (χ2v) is 10.2. The van der Waals surface area contributed by atoms with Crippen LogP contribution in [0.4, 0.5) is 26.1 Å². The second-order valence-electron chi connectivity index (χ2n) is 10.2. The lowest BCUT2D eigenvalue weighted by molar-refractivity contribution is -0.115. The molecule has 0 aliphatic heterocycles. The van der Waals surface area contributed by atoms with Gasteiger partial charge in [0.2, 0.25) is 5.91 Å². The number of rotatable bonds is 14. The Labute approximate surface area is 235 Å². The number of aromatic amines is 1. The normalized spacial score (nSPS) is 11.5. The van der Waals surface area contributed by atoms with Crippen LogP contribution in [0.1, 0.15) is 26.0 Å². The zero-order chi connectivity index (χ0) is 29.4. The second kappa shape index (κ2) is 13.3. The van der Waals surface area contributed by atoms with Crippen molar-refractivity contribution in [2.75, 3.05) is 44.0 Å². The van der Waals surface area contributed by atoms with Gasteiger partial charge in [-0.3, -0.25) is 9.89 Å². The largest absolute Gasteiger partial charge is 0.493 e. The molecule has 5 N–H and O–H groups in total. The minimum atomic E-state index is -0.785. The number of aliphatic hydroxyl groups is 1. The summed E-state index contributed by atoms with van der Waals surface area (Å²) in [4.78, 5) is 21.0. The summed E-state index contributed by atoms with van der Waals surface area (Å²) in [5.74, 6) is -0.113. The molecule has 0 saturated heterocycles. The number of amides is 1. The van der Waals surface area contributed by atoms with E-state index in [1.165, 1.54) is 6.33 Å². The first-order valence-corrected chi connectivity index (χ1v) is 13.0. The van der Waals surface area contributed by atoms with Gasteiger partial charge in [0, 0.05) is 53.5 Å². The van der Waals surface area contributed by atoms with Gasteiger partial charge in [0.25, 0.3) is 0 Å². The maximum atomic E-state index is 13.4. The molecule has 2 aromatic carbocycles. The molecule has 13 heteroatoms. The van der Waals surface area contributed by atoms with E-state index in [1.807, 2.05) is 13.8 Å². The number of aliphatic hydroxyl groups excluding tert-OH is 1. The molecular formula is C28H33F2N7O4. The molecule has 0 bridgehead atoms. The molecule has 4 aromatic rings. The van der Waals surface area contributed by atoms with Crippen molar-refractivity contribution in [3.8, 4) is 11.5 Å². The van der Waals surface area contributed by atoms with E-state index in [-0.39, 0.29) is 24.1 Å². The van der Waals surface area contributed by atoms with Crippen molar-refractivity contribution in [3.05, 3.63) is 60.1 Å². The number of nitrogens with zero attached hydrogens (tertiary/aromatic N) is 3. The van der Waals surface area contributed by atoms with Crippen LogP contribution in [0, 0.1) is 17.0 Å². The fourth-order valence-corrected chi connectivity index (χ4v) is 3.94. The molecule has 4 rings (SSSR count). The summed E-state index contributed by atoms with van der Waals surface area (Å²) in [6.07, 6.45) is 2.07. The molecule has 0 fully saturated rings. The van der Waals surface area contributed by atoms with Crippen molar-refractivity contribution in [1.82, 2.24) is 25.5 Å². The van der Waals surface area contributed by atoms with Crippen LogP contribution in [0.15, 0.2) is 42.7 Å². The predicted octanol–water partition coefficient (Wildman–Crippen LogP) is 3.94. The van der Waals surface area contributed by atoms with Crippen molar-refractivity contribution < 1.29 is 28.2 Å². The van der Waals surface area contributed by atoms with E-state index in [0.29, 0.717) is 52.9 Å².